The fourth-order valence-corrected chi connectivity index (χ4v) is 2.26. The molecule has 2 rings (SSSR count). The van der Waals surface area contributed by atoms with Gasteiger partial charge in [0.25, 0.3) is 0 Å². The van der Waals surface area contributed by atoms with Crippen molar-refractivity contribution < 1.29 is 9.53 Å². The summed E-state index contributed by atoms with van der Waals surface area (Å²) in [5.74, 6) is -0.162. The molecule has 0 amide bonds. The molecule has 1 aliphatic heterocycles. The molecule has 3 nitrogen and oxygen atoms in total. The van der Waals surface area contributed by atoms with Crippen molar-refractivity contribution in [1.82, 2.24) is 4.90 Å². The summed E-state index contributed by atoms with van der Waals surface area (Å²) in [6.45, 7) is 6.71. The van der Waals surface area contributed by atoms with E-state index in [0.29, 0.717) is 13.2 Å². The smallest absolute Gasteiger partial charge is 0.335 e. The van der Waals surface area contributed by atoms with Crippen molar-refractivity contribution in [3.63, 3.8) is 0 Å². The van der Waals surface area contributed by atoms with E-state index in [1.807, 2.05) is 32.0 Å². The summed E-state index contributed by atoms with van der Waals surface area (Å²) in [5.41, 5.74) is 3.23. The molecule has 0 spiro atoms. The molecular formula is C15H19NO2. The average molecular weight is 245 g/mol. The Hall–Kier alpha value is -1.61. The number of carbonyl (C=O) groups is 1. The van der Waals surface area contributed by atoms with Gasteiger partial charge in [0.05, 0.1) is 12.2 Å². The van der Waals surface area contributed by atoms with Crippen LogP contribution in [-0.2, 0) is 16.1 Å². The first-order chi connectivity index (χ1) is 8.70. The van der Waals surface area contributed by atoms with Crippen LogP contribution in [0.5, 0.6) is 0 Å². The van der Waals surface area contributed by atoms with Crippen LogP contribution in [0.2, 0.25) is 0 Å². The zero-order valence-corrected chi connectivity index (χ0v) is 11.0. The van der Waals surface area contributed by atoms with Crippen LogP contribution in [0.4, 0.5) is 0 Å². The van der Waals surface area contributed by atoms with Gasteiger partial charge in [0.2, 0.25) is 0 Å². The average Bonchev–Trinajstić information content (AvgIpc) is 2.72. The molecule has 0 saturated carbocycles. The van der Waals surface area contributed by atoms with Gasteiger partial charge in [-0.25, -0.2) is 4.79 Å². The largest absolute Gasteiger partial charge is 0.463 e. The first-order valence-electron chi connectivity index (χ1n) is 6.32. The molecule has 0 fully saturated rings. The van der Waals surface area contributed by atoms with Gasteiger partial charge in [-0.1, -0.05) is 30.3 Å². The van der Waals surface area contributed by atoms with E-state index in [2.05, 4.69) is 17.0 Å². The minimum atomic E-state index is -0.162. The maximum Gasteiger partial charge on any atom is 0.335 e. The quantitative estimate of drug-likeness (QED) is 0.763. The summed E-state index contributed by atoms with van der Waals surface area (Å²) in [6, 6.07) is 10.3. The van der Waals surface area contributed by atoms with Crippen LogP contribution < -0.4 is 0 Å². The summed E-state index contributed by atoms with van der Waals surface area (Å²) in [7, 11) is 0. The predicted molar refractivity (Wildman–Crippen MR) is 71.1 cm³/mol. The minimum Gasteiger partial charge on any atom is -0.463 e. The van der Waals surface area contributed by atoms with E-state index in [0.717, 1.165) is 24.2 Å². The molecule has 0 atom stereocenters. The number of hydrogen-bond donors (Lipinski definition) is 0. The van der Waals surface area contributed by atoms with E-state index in [9.17, 15) is 4.79 Å². The van der Waals surface area contributed by atoms with E-state index < -0.39 is 0 Å². The molecule has 3 heteroatoms. The summed E-state index contributed by atoms with van der Waals surface area (Å²) in [5, 5.41) is 0. The highest BCUT2D eigenvalue weighted by Gasteiger charge is 2.24. The molecule has 0 bridgehead atoms. The first-order valence-corrected chi connectivity index (χ1v) is 6.32. The number of benzene rings is 1. The van der Waals surface area contributed by atoms with Crippen LogP contribution in [-0.4, -0.2) is 30.6 Å². The van der Waals surface area contributed by atoms with Gasteiger partial charge in [-0.3, -0.25) is 4.90 Å². The molecule has 96 valence electrons. The molecule has 0 N–H and O–H groups in total. The molecule has 1 aliphatic rings. The molecule has 0 radical (unpaired) electrons. The fraction of sp³-hybridized carbons (Fsp3) is 0.400. The van der Waals surface area contributed by atoms with Crippen molar-refractivity contribution in [1.29, 1.82) is 0 Å². The molecule has 0 aromatic heterocycles. The second-order valence-electron chi connectivity index (χ2n) is 4.61. The predicted octanol–water partition coefficient (Wildman–Crippen LogP) is 2.38. The maximum absolute atomic E-state index is 11.7. The van der Waals surface area contributed by atoms with Crippen molar-refractivity contribution >= 4 is 5.97 Å². The van der Waals surface area contributed by atoms with Gasteiger partial charge in [-0.15, -0.1) is 0 Å². The van der Waals surface area contributed by atoms with E-state index in [1.165, 1.54) is 5.56 Å². The summed E-state index contributed by atoms with van der Waals surface area (Å²) >= 11 is 0. The van der Waals surface area contributed by atoms with E-state index in [1.54, 1.807) is 0 Å². The first kappa shape index (κ1) is 12.8. The summed E-state index contributed by atoms with van der Waals surface area (Å²) < 4.78 is 5.07. The normalized spacial score (nSPS) is 16.1. The van der Waals surface area contributed by atoms with Crippen molar-refractivity contribution in [2.24, 2.45) is 0 Å². The van der Waals surface area contributed by atoms with Crippen molar-refractivity contribution in [2.45, 2.75) is 20.4 Å². The van der Waals surface area contributed by atoms with Crippen molar-refractivity contribution in [2.75, 3.05) is 19.7 Å². The molecule has 18 heavy (non-hydrogen) atoms. The Balaban J connectivity index is 1.96. The summed E-state index contributed by atoms with van der Waals surface area (Å²) in [6.07, 6.45) is 0. The molecule has 0 saturated heterocycles. The third-order valence-corrected chi connectivity index (χ3v) is 3.13. The number of carbonyl (C=O) groups excluding carboxylic acids is 1. The standard InChI is InChI=1S/C15H19NO2/c1-3-18-15(17)14-11-16(9-12(14)2)10-13-7-5-4-6-8-13/h4-8H,3,9-11H2,1-2H3. The van der Waals surface area contributed by atoms with Crippen LogP contribution in [0.25, 0.3) is 0 Å². The van der Waals surface area contributed by atoms with Gasteiger partial charge in [0, 0.05) is 19.6 Å². The Kier molecular flexibility index (Phi) is 4.15. The second-order valence-corrected chi connectivity index (χ2v) is 4.61. The van der Waals surface area contributed by atoms with Crippen LogP contribution in [0.1, 0.15) is 19.4 Å². The van der Waals surface area contributed by atoms with Gasteiger partial charge in [0.15, 0.2) is 0 Å². The van der Waals surface area contributed by atoms with E-state index >= 15 is 0 Å². The lowest BCUT2D eigenvalue weighted by molar-refractivity contribution is -0.138. The lowest BCUT2D eigenvalue weighted by Crippen LogP contribution is -2.22. The number of nitrogens with zero attached hydrogens (tertiary/aromatic N) is 1. The maximum atomic E-state index is 11.7. The van der Waals surface area contributed by atoms with Crippen LogP contribution in [0, 0.1) is 0 Å². The van der Waals surface area contributed by atoms with Gasteiger partial charge >= 0.3 is 5.97 Å². The zero-order valence-electron chi connectivity index (χ0n) is 11.0. The molecule has 0 unspecified atom stereocenters. The van der Waals surface area contributed by atoms with Crippen LogP contribution in [0.3, 0.4) is 0 Å². The number of hydrogen-bond acceptors (Lipinski definition) is 3. The molecule has 1 aromatic carbocycles. The molecule has 1 aromatic rings. The Morgan fingerprint density at radius 1 is 1.28 bits per heavy atom. The van der Waals surface area contributed by atoms with Gasteiger partial charge in [-0.05, 0) is 25.0 Å². The van der Waals surface area contributed by atoms with Crippen molar-refractivity contribution in [3.8, 4) is 0 Å². The van der Waals surface area contributed by atoms with Gasteiger partial charge in [-0.2, -0.15) is 0 Å². The van der Waals surface area contributed by atoms with Crippen molar-refractivity contribution in [3.05, 3.63) is 47.0 Å². The highest BCUT2D eigenvalue weighted by atomic mass is 16.5. The Bertz CT molecular complexity index is 451. The number of ether oxygens (including phenoxy) is 1. The zero-order chi connectivity index (χ0) is 13.0. The molecule has 0 aliphatic carbocycles. The lowest BCUT2D eigenvalue weighted by Gasteiger charge is -2.15. The molecule has 1 heterocycles. The SMILES string of the molecule is CCOC(=O)C1=C(C)CN(Cc2ccccc2)C1. The summed E-state index contributed by atoms with van der Waals surface area (Å²) in [4.78, 5) is 14.0. The highest BCUT2D eigenvalue weighted by molar-refractivity contribution is 5.90. The third kappa shape index (κ3) is 2.99. The Morgan fingerprint density at radius 2 is 2.00 bits per heavy atom. The Labute approximate surface area is 108 Å². The minimum absolute atomic E-state index is 0.162. The fourth-order valence-electron chi connectivity index (χ4n) is 2.26. The highest BCUT2D eigenvalue weighted by Crippen LogP contribution is 2.20. The molecular weight excluding hydrogens is 226 g/mol. The van der Waals surface area contributed by atoms with Crippen LogP contribution in [0.15, 0.2) is 41.5 Å². The van der Waals surface area contributed by atoms with Crippen LogP contribution >= 0.6 is 0 Å². The number of rotatable bonds is 4. The van der Waals surface area contributed by atoms with E-state index in [-0.39, 0.29) is 5.97 Å². The number of esters is 1. The topological polar surface area (TPSA) is 29.5 Å². The van der Waals surface area contributed by atoms with Gasteiger partial charge < -0.3 is 4.74 Å². The third-order valence-electron chi connectivity index (χ3n) is 3.13. The van der Waals surface area contributed by atoms with Gasteiger partial charge in [0.1, 0.15) is 0 Å². The Morgan fingerprint density at radius 3 is 2.67 bits per heavy atom. The van der Waals surface area contributed by atoms with E-state index in [4.69, 9.17) is 4.74 Å². The second kappa shape index (κ2) is 5.83. The monoisotopic (exact) mass is 245 g/mol. The lowest BCUT2D eigenvalue weighted by atomic mass is 10.2.